The highest BCUT2D eigenvalue weighted by atomic mass is 35.5. The zero-order chi connectivity index (χ0) is 32.4. The molecule has 3 saturated heterocycles. The summed E-state index contributed by atoms with van der Waals surface area (Å²) in [7, 11) is 2.16. The van der Waals surface area contributed by atoms with Crippen molar-refractivity contribution in [2.45, 2.75) is 63.6 Å². The van der Waals surface area contributed by atoms with Crippen LogP contribution in [0.1, 0.15) is 49.8 Å². The van der Waals surface area contributed by atoms with E-state index in [2.05, 4.69) is 27.1 Å². The number of rotatable bonds is 7. The van der Waals surface area contributed by atoms with Crippen molar-refractivity contribution in [3.05, 3.63) is 63.0 Å². The van der Waals surface area contributed by atoms with Crippen molar-refractivity contribution in [3.63, 3.8) is 0 Å². The second-order valence-electron chi connectivity index (χ2n) is 13.1. The van der Waals surface area contributed by atoms with Crippen LogP contribution < -0.4 is 16.7 Å². The maximum Gasteiger partial charge on any atom is 0.326 e. The van der Waals surface area contributed by atoms with Gasteiger partial charge in [0.25, 0.3) is 0 Å². The van der Waals surface area contributed by atoms with E-state index in [1.54, 1.807) is 4.90 Å². The van der Waals surface area contributed by atoms with Crippen molar-refractivity contribution < 1.29 is 9.59 Å². The maximum atomic E-state index is 14.1. The number of amides is 3. The van der Waals surface area contributed by atoms with Gasteiger partial charge in [-0.15, -0.1) is 0 Å². The van der Waals surface area contributed by atoms with E-state index in [-0.39, 0.29) is 23.7 Å². The predicted octanol–water partition coefficient (Wildman–Crippen LogP) is 3.32. The molecule has 12 heteroatoms. The Balaban J connectivity index is 1.13. The molecule has 0 aliphatic carbocycles. The van der Waals surface area contributed by atoms with Crippen LogP contribution in [0.15, 0.2) is 41.2 Å². The molecular weight excluding hydrogens is 604 g/mol. The molecule has 6 rings (SSSR count). The van der Waals surface area contributed by atoms with Crippen molar-refractivity contribution in [2.75, 3.05) is 65.1 Å². The summed E-state index contributed by atoms with van der Waals surface area (Å²) < 4.78 is 1.82. The molecule has 1 aromatic heterocycles. The van der Waals surface area contributed by atoms with Crippen LogP contribution in [0, 0.1) is 0 Å². The number of urea groups is 1. The van der Waals surface area contributed by atoms with Crippen molar-refractivity contribution in [1.82, 2.24) is 34.5 Å². The summed E-state index contributed by atoms with van der Waals surface area (Å²) in [4.78, 5) is 52.1. The lowest BCUT2D eigenvalue weighted by molar-refractivity contribution is -0.135. The van der Waals surface area contributed by atoms with Gasteiger partial charge in [-0.25, -0.2) is 9.59 Å². The first-order valence-electron chi connectivity index (χ1n) is 16.7. The molecule has 0 unspecified atom stereocenters. The van der Waals surface area contributed by atoms with Crippen molar-refractivity contribution >= 4 is 40.3 Å². The fraction of sp³-hybridized carbons (Fsp3) is 0.559. The van der Waals surface area contributed by atoms with E-state index in [1.165, 1.54) is 0 Å². The number of halogens is 1. The van der Waals surface area contributed by atoms with Gasteiger partial charge in [-0.05, 0) is 68.5 Å². The minimum Gasteiger partial charge on any atom is -0.397 e. The van der Waals surface area contributed by atoms with Crippen LogP contribution in [0.5, 0.6) is 0 Å². The maximum absolute atomic E-state index is 14.1. The summed E-state index contributed by atoms with van der Waals surface area (Å²) in [6.07, 6.45) is 4.23. The van der Waals surface area contributed by atoms with Gasteiger partial charge in [-0.2, -0.15) is 0 Å². The van der Waals surface area contributed by atoms with Gasteiger partial charge in [0.2, 0.25) is 5.91 Å². The largest absolute Gasteiger partial charge is 0.397 e. The number of H-pyrrole nitrogens is 1. The highest BCUT2D eigenvalue weighted by molar-refractivity contribution is 6.33. The van der Waals surface area contributed by atoms with E-state index in [0.717, 1.165) is 67.6 Å². The molecule has 4 N–H and O–H groups in total. The number of piperidine rings is 2. The number of nitrogens with two attached hydrogens (primary N) is 1. The number of nitrogens with one attached hydrogen (secondary N) is 2. The van der Waals surface area contributed by atoms with Gasteiger partial charge in [0, 0.05) is 70.9 Å². The third kappa shape index (κ3) is 6.91. The third-order valence-electron chi connectivity index (χ3n) is 10.3. The number of benzene rings is 2. The average molecular weight is 651 g/mol. The van der Waals surface area contributed by atoms with Gasteiger partial charge in [0.1, 0.15) is 6.04 Å². The highest BCUT2D eigenvalue weighted by Gasteiger charge is 2.34. The van der Waals surface area contributed by atoms with E-state index >= 15 is 0 Å². The fourth-order valence-electron chi connectivity index (χ4n) is 7.45. The highest BCUT2D eigenvalue weighted by Crippen LogP contribution is 2.28. The van der Waals surface area contributed by atoms with Crippen molar-refractivity contribution in [2.24, 2.45) is 0 Å². The molecule has 3 aromatic rings. The number of piperazine rings is 1. The lowest BCUT2D eigenvalue weighted by Crippen LogP contribution is -2.57. The fourth-order valence-corrected chi connectivity index (χ4v) is 7.71. The molecule has 11 nitrogen and oxygen atoms in total. The minimum atomic E-state index is -0.731. The number of aryl methyl sites for hydroxylation is 1. The van der Waals surface area contributed by atoms with E-state index in [9.17, 15) is 14.4 Å². The number of aromatic nitrogens is 2. The Morgan fingerprint density at radius 1 is 0.957 bits per heavy atom. The number of carbonyl (C=O) groups is 2. The zero-order valence-corrected chi connectivity index (χ0v) is 27.8. The first-order chi connectivity index (χ1) is 22.2. The number of hydrogen-bond acceptors (Lipinski definition) is 6. The van der Waals surface area contributed by atoms with Crippen LogP contribution in [0.2, 0.25) is 5.02 Å². The Bertz CT molecular complexity index is 1600. The monoisotopic (exact) mass is 650 g/mol. The minimum absolute atomic E-state index is 0.00360. The van der Waals surface area contributed by atoms with Gasteiger partial charge in [-0.1, -0.05) is 36.7 Å². The Hall–Kier alpha value is -3.54. The number of hydrogen-bond donors (Lipinski definition) is 3. The van der Waals surface area contributed by atoms with E-state index in [0.29, 0.717) is 62.2 Å². The second-order valence-corrected chi connectivity index (χ2v) is 13.5. The second kappa shape index (κ2) is 14.1. The van der Waals surface area contributed by atoms with Crippen LogP contribution in [0.3, 0.4) is 0 Å². The molecule has 3 amide bonds. The van der Waals surface area contributed by atoms with Gasteiger partial charge in [0.15, 0.2) is 0 Å². The number of nitrogen functional groups attached to an aromatic ring is 1. The lowest BCUT2D eigenvalue weighted by Gasteiger charge is -2.42. The smallest absolute Gasteiger partial charge is 0.326 e. The van der Waals surface area contributed by atoms with Gasteiger partial charge >= 0.3 is 11.7 Å². The molecule has 0 spiro atoms. The quantitative estimate of drug-likeness (QED) is 0.337. The van der Waals surface area contributed by atoms with Gasteiger partial charge < -0.3 is 30.7 Å². The number of likely N-dealkylation sites (N-methyl/N-ethyl adjacent to an activating group) is 1. The summed E-state index contributed by atoms with van der Waals surface area (Å²) in [5.74, 6) is -0.0589. The first-order valence-corrected chi connectivity index (χ1v) is 17.1. The topological polar surface area (TPSA) is 123 Å². The van der Waals surface area contributed by atoms with Gasteiger partial charge in [-0.3, -0.25) is 14.3 Å². The zero-order valence-electron chi connectivity index (χ0n) is 27.0. The number of nitrogens with zero attached hydrogens (tertiary/aromatic N) is 5. The Kier molecular flexibility index (Phi) is 9.91. The summed E-state index contributed by atoms with van der Waals surface area (Å²) >= 11 is 6.49. The van der Waals surface area contributed by atoms with E-state index < -0.39 is 6.04 Å². The number of para-hydroxylation sites is 2. The molecule has 3 aliphatic rings. The van der Waals surface area contributed by atoms with Crippen molar-refractivity contribution in [3.8, 4) is 0 Å². The Morgan fingerprint density at radius 2 is 1.61 bits per heavy atom. The number of carbonyl (C=O) groups excluding carboxylic acids is 2. The van der Waals surface area contributed by atoms with Crippen LogP contribution in [-0.4, -0.2) is 113 Å². The molecule has 248 valence electrons. The van der Waals surface area contributed by atoms with Gasteiger partial charge in [0.05, 0.1) is 21.7 Å². The summed E-state index contributed by atoms with van der Waals surface area (Å²) in [5, 5.41) is 3.57. The molecule has 2 aromatic carbocycles. The summed E-state index contributed by atoms with van der Waals surface area (Å²) in [6, 6.07) is 11.0. The predicted molar refractivity (Wildman–Crippen MR) is 182 cm³/mol. The summed E-state index contributed by atoms with van der Waals surface area (Å²) in [6.45, 7) is 8.65. The van der Waals surface area contributed by atoms with Crippen LogP contribution in [0.25, 0.3) is 11.0 Å². The first kappa shape index (κ1) is 32.4. The average Bonchev–Trinajstić information content (AvgIpc) is 3.41. The third-order valence-corrected chi connectivity index (χ3v) is 10.6. The van der Waals surface area contributed by atoms with E-state index in [1.807, 2.05) is 52.8 Å². The molecule has 3 aliphatic heterocycles. The number of fused-ring (bicyclic) bond motifs is 1. The number of imidazole rings is 1. The number of likely N-dealkylation sites (tertiary alicyclic amines) is 2. The normalized spacial score (nSPS) is 19.9. The van der Waals surface area contributed by atoms with E-state index in [4.69, 9.17) is 17.3 Å². The SMILES string of the molecule is CCc1cc(C[C@@H](NC(=O)N2CCC(n3c(=O)[nH]c4ccccc43)CC2)C(=O)N2CCC(N3CCN(C)CC3)CC2)cc(Cl)c1N. The molecule has 1 atom stereocenters. The van der Waals surface area contributed by atoms with Crippen LogP contribution in [-0.2, 0) is 17.6 Å². The molecule has 46 heavy (non-hydrogen) atoms. The molecule has 4 heterocycles. The Morgan fingerprint density at radius 3 is 2.30 bits per heavy atom. The number of anilines is 1. The molecule has 3 fully saturated rings. The molecule has 0 bridgehead atoms. The Labute approximate surface area is 275 Å². The molecule has 0 radical (unpaired) electrons. The van der Waals surface area contributed by atoms with Crippen LogP contribution >= 0.6 is 11.6 Å². The molecular formula is C34H47ClN8O3. The summed E-state index contributed by atoms with van der Waals surface area (Å²) in [5.41, 5.74) is 10.1. The van der Waals surface area contributed by atoms with Crippen LogP contribution in [0.4, 0.5) is 10.5 Å². The van der Waals surface area contributed by atoms with Crippen molar-refractivity contribution in [1.29, 1.82) is 0 Å². The standard InChI is InChI=1S/C34H47ClN8O3/c1-3-24-20-23(21-27(35)31(24)36)22-29(32(44)41-12-8-25(9-13-41)40-18-16-39(2)17-19-40)38-33(45)42-14-10-26(11-15-42)43-30-7-5-4-6-28(30)37-34(43)46/h4-7,20-21,25-26,29H,3,8-19,22,36H2,1-2H3,(H,37,46)(H,38,45)/t29-/m1/s1. The lowest BCUT2D eigenvalue weighted by atomic mass is 9.98. The molecule has 0 saturated carbocycles. The number of aromatic amines is 1.